The molecule has 0 saturated carbocycles. The molecule has 1 aromatic heterocycles. The number of rotatable bonds is 3. The second-order valence-corrected chi connectivity index (χ2v) is 4.45. The molecular formula is C11H18N4O2. The van der Waals surface area contributed by atoms with Gasteiger partial charge in [-0.3, -0.25) is 0 Å². The summed E-state index contributed by atoms with van der Waals surface area (Å²) in [5, 5.41) is 3.35. The van der Waals surface area contributed by atoms with E-state index in [1.54, 1.807) is 7.11 Å². The van der Waals surface area contributed by atoms with E-state index < -0.39 is 0 Å². The van der Waals surface area contributed by atoms with Crippen molar-refractivity contribution in [3.63, 3.8) is 0 Å². The molecular weight excluding hydrogens is 220 g/mol. The average molecular weight is 238 g/mol. The van der Waals surface area contributed by atoms with Gasteiger partial charge in [0.15, 0.2) is 11.6 Å². The highest BCUT2D eigenvalue weighted by Gasteiger charge is 2.38. The van der Waals surface area contributed by atoms with Gasteiger partial charge < -0.3 is 20.5 Å². The third-order valence-electron chi connectivity index (χ3n) is 3.33. The van der Waals surface area contributed by atoms with Crippen LogP contribution in [0.25, 0.3) is 0 Å². The van der Waals surface area contributed by atoms with Crippen LogP contribution < -0.4 is 15.8 Å². The second kappa shape index (κ2) is 4.37. The van der Waals surface area contributed by atoms with Gasteiger partial charge in [0.2, 0.25) is 5.75 Å². The molecule has 0 spiro atoms. The molecule has 2 heterocycles. The first-order valence-electron chi connectivity index (χ1n) is 5.61. The van der Waals surface area contributed by atoms with Gasteiger partial charge in [0.25, 0.3) is 0 Å². The van der Waals surface area contributed by atoms with Crippen molar-refractivity contribution in [3.8, 4) is 5.75 Å². The summed E-state index contributed by atoms with van der Waals surface area (Å²) in [5.41, 5.74) is 5.58. The van der Waals surface area contributed by atoms with E-state index in [4.69, 9.17) is 15.2 Å². The van der Waals surface area contributed by atoms with E-state index in [-0.39, 0.29) is 11.6 Å². The van der Waals surface area contributed by atoms with Gasteiger partial charge in [-0.2, -0.15) is 0 Å². The lowest BCUT2D eigenvalue weighted by Gasteiger charge is -2.30. The Labute approximate surface area is 101 Å². The quantitative estimate of drug-likeness (QED) is 0.819. The molecule has 17 heavy (non-hydrogen) atoms. The Morgan fingerprint density at radius 3 is 2.94 bits per heavy atom. The van der Waals surface area contributed by atoms with Gasteiger partial charge in [-0.15, -0.1) is 0 Å². The number of anilines is 2. The summed E-state index contributed by atoms with van der Waals surface area (Å²) in [6.45, 7) is 4.88. The van der Waals surface area contributed by atoms with Crippen LogP contribution in [0.2, 0.25) is 0 Å². The number of hydrogen-bond donors (Lipinski definition) is 2. The monoisotopic (exact) mass is 238 g/mol. The Balaban J connectivity index is 2.27. The van der Waals surface area contributed by atoms with Crippen LogP contribution in [0, 0.1) is 0 Å². The van der Waals surface area contributed by atoms with Crippen LogP contribution in [0.15, 0.2) is 6.33 Å². The molecule has 0 radical (unpaired) electrons. The lowest BCUT2D eigenvalue weighted by atomic mass is 9.95. The van der Waals surface area contributed by atoms with Crippen molar-refractivity contribution in [1.29, 1.82) is 0 Å². The van der Waals surface area contributed by atoms with Crippen LogP contribution in [-0.4, -0.2) is 35.3 Å². The molecule has 94 valence electrons. The van der Waals surface area contributed by atoms with Crippen molar-refractivity contribution in [2.24, 2.45) is 0 Å². The van der Waals surface area contributed by atoms with Gasteiger partial charge in [0.1, 0.15) is 6.33 Å². The highest BCUT2D eigenvalue weighted by atomic mass is 16.5. The third kappa shape index (κ3) is 2.12. The number of nitrogens with two attached hydrogens (primary N) is 1. The topological polar surface area (TPSA) is 82.3 Å². The zero-order chi connectivity index (χ0) is 12.5. The van der Waals surface area contributed by atoms with Crippen LogP contribution >= 0.6 is 0 Å². The maximum Gasteiger partial charge on any atom is 0.203 e. The molecule has 1 aromatic rings. The first kappa shape index (κ1) is 11.9. The van der Waals surface area contributed by atoms with Gasteiger partial charge in [-0.05, 0) is 20.3 Å². The molecule has 1 fully saturated rings. The van der Waals surface area contributed by atoms with Crippen LogP contribution in [0.5, 0.6) is 5.75 Å². The number of nitrogen functional groups attached to an aromatic ring is 1. The van der Waals surface area contributed by atoms with Crippen molar-refractivity contribution < 1.29 is 9.47 Å². The highest BCUT2D eigenvalue weighted by molar-refractivity contribution is 5.62. The summed E-state index contributed by atoms with van der Waals surface area (Å²) in [6, 6.07) is 0. The fraction of sp³-hybridized carbons (Fsp3) is 0.636. The number of nitrogens with zero attached hydrogens (tertiary/aromatic N) is 2. The Bertz CT molecular complexity index is 412. The molecule has 1 saturated heterocycles. The third-order valence-corrected chi connectivity index (χ3v) is 3.33. The number of hydrogen-bond acceptors (Lipinski definition) is 6. The Kier molecular flexibility index (Phi) is 3.06. The van der Waals surface area contributed by atoms with Crippen molar-refractivity contribution in [2.45, 2.75) is 31.9 Å². The summed E-state index contributed by atoms with van der Waals surface area (Å²) in [6.07, 6.45) is 2.45. The molecule has 6 heteroatoms. The molecule has 3 N–H and O–H groups in total. The Hall–Kier alpha value is -1.56. The predicted molar refractivity (Wildman–Crippen MR) is 65.1 cm³/mol. The SMILES string of the molecule is COc1c(N)ncnc1NC1(C)CCOC1C. The van der Waals surface area contributed by atoms with Crippen LogP contribution in [0.4, 0.5) is 11.6 Å². The molecule has 2 atom stereocenters. The summed E-state index contributed by atoms with van der Waals surface area (Å²) in [4.78, 5) is 8.07. The molecule has 0 aromatic carbocycles. The van der Waals surface area contributed by atoms with Crippen molar-refractivity contribution in [1.82, 2.24) is 9.97 Å². The van der Waals surface area contributed by atoms with E-state index in [0.29, 0.717) is 17.4 Å². The molecule has 2 rings (SSSR count). The molecule has 2 unspecified atom stereocenters. The summed E-state index contributed by atoms with van der Waals surface area (Å²) in [7, 11) is 1.55. The average Bonchev–Trinajstić information content (AvgIpc) is 2.59. The summed E-state index contributed by atoms with van der Waals surface area (Å²) < 4.78 is 10.8. The fourth-order valence-electron chi connectivity index (χ4n) is 1.95. The number of methoxy groups -OCH3 is 1. The van der Waals surface area contributed by atoms with Gasteiger partial charge in [0.05, 0.1) is 18.8 Å². The zero-order valence-electron chi connectivity index (χ0n) is 10.4. The molecule has 0 amide bonds. The van der Waals surface area contributed by atoms with E-state index in [1.807, 2.05) is 6.92 Å². The molecule has 1 aliphatic heterocycles. The van der Waals surface area contributed by atoms with Gasteiger partial charge in [-0.25, -0.2) is 9.97 Å². The lowest BCUT2D eigenvalue weighted by molar-refractivity contribution is 0.105. The standard InChI is InChI=1S/C11H18N4O2/c1-7-11(2,4-5-17-7)15-10-8(16-3)9(12)13-6-14-10/h6-7H,4-5H2,1-3H3,(H3,12,13,14,15). The molecule has 0 bridgehead atoms. The van der Waals surface area contributed by atoms with Gasteiger partial charge >= 0.3 is 0 Å². The summed E-state index contributed by atoms with van der Waals surface area (Å²) >= 11 is 0. The number of aromatic nitrogens is 2. The van der Waals surface area contributed by atoms with Crippen LogP contribution in [0.1, 0.15) is 20.3 Å². The number of nitrogens with one attached hydrogen (secondary N) is 1. The highest BCUT2D eigenvalue weighted by Crippen LogP contribution is 2.34. The minimum absolute atomic E-state index is 0.114. The Morgan fingerprint density at radius 1 is 1.59 bits per heavy atom. The molecule has 0 aliphatic carbocycles. The smallest absolute Gasteiger partial charge is 0.203 e. The van der Waals surface area contributed by atoms with Crippen molar-refractivity contribution >= 4 is 11.6 Å². The normalized spacial score (nSPS) is 28.1. The second-order valence-electron chi connectivity index (χ2n) is 4.45. The first-order valence-corrected chi connectivity index (χ1v) is 5.61. The lowest BCUT2D eigenvalue weighted by Crippen LogP contribution is -2.41. The maximum absolute atomic E-state index is 5.74. The van der Waals surface area contributed by atoms with Crippen molar-refractivity contribution in [2.75, 3.05) is 24.8 Å². The van der Waals surface area contributed by atoms with Crippen LogP contribution in [-0.2, 0) is 4.74 Å². The van der Waals surface area contributed by atoms with E-state index in [9.17, 15) is 0 Å². The van der Waals surface area contributed by atoms with E-state index in [2.05, 4.69) is 22.2 Å². The Morgan fingerprint density at radius 2 is 2.35 bits per heavy atom. The minimum Gasteiger partial charge on any atom is -0.490 e. The van der Waals surface area contributed by atoms with E-state index in [1.165, 1.54) is 6.33 Å². The first-order chi connectivity index (χ1) is 8.07. The van der Waals surface area contributed by atoms with Crippen LogP contribution in [0.3, 0.4) is 0 Å². The fourth-order valence-corrected chi connectivity index (χ4v) is 1.95. The zero-order valence-corrected chi connectivity index (χ0v) is 10.4. The largest absolute Gasteiger partial charge is 0.490 e. The maximum atomic E-state index is 5.74. The molecule has 1 aliphatic rings. The van der Waals surface area contributed by atoms with E-state index in [0.717, 1.165) is 13.0 Å². The van der Waals surface area contributed by atoms with Gasteiger partial charge in [-0.1, -0.05) is 0 Å². The number of ether oxygens (including phenoxy) is 2. The molecule has 6 nitrogen and oxygen atoms in total. The van der Waals surface area contributed by atoms with Crippen molar-refractivity contribution in [3.05, 3.63) is 6.33 Å². The van der Waals surface area contributed by atoms with Gasteiger partial charge in [0, 0.05) is 6.61 Å². The predicted octanol–water partition coefficient (Wildman–Crippen LogP) is 1.05. The summed E-state index contributed by atoms with van der Waals surface area (Å²) in [5.74, 6) is 1.42. The van der Waals surface area contributed by atoms with E-state index >= 15 is 0 Å². The minimum atomic E-state index is -0.159.